The summed E-state index contributed by atoms with van der Waals surface area (Å²) in [5.74, 6) is -0.0668. The number of aromatic amines is 1. The highest BCUT2D eigenvalue weighted by Crippen LogP contribution is 2.46. The molecule has 2 aromatic heterocycles. The van der Waals surface area contributed by atoms with Gasteiger partial charge in [-0.1, -0.05) is 12.1 Å². The van der Waals surface area contributed by atoms with E-state index < -0.39 is 7.14 Å². The molecule has 10 heteroatoms. The molecule has 0 radical (unpaired) electrons. The number of pyridine rings is 1. The molecule has 0 atom stereocenters. The zero-order chi connectivity index (χ0) is 29.6. The van der Waals surface area contributed by atoms with Crippen molar-refractivity contribution in [1.82, 2.24) is 19.4 Å². The largest absolute Gasteiger partial charge is 0.325 e. The minimum atomic E-state index is -2.51. The molecule has 216 valence electrons. The molecule has 7 nitrogen and oxygen atoms in total. The Balaban J connectivity index is 1.22. The van der Waals surface area contributed by atoms with E-state index in [-0.39, 0.29) is 17.2 Å². The summed E-state index contributed by atoms with van der Waals surface area (Å²) >= 11 is 0. The SMILES string of the molecule is Cc1cc(F)ccc1Nc1nc2ccc3c(C)c(/C=C\CN4CCP(=O)(c5ccc(F)cc5)CC4)[nH]c(=O)c3c2n1C. The second-order valence-corrected chi connectivity index (χ2v) is 14.1. The van der Waals surface area contributed by atoms with Crippen LogP contribution >= 0.6 is 7.14 Å². The standard InChI is InChI=1S/C32H32F2N5O2P/c1-20-19-23(34)8-12-26(20)36-32-37-28-13-11-25-21(2)27(35-31(40)29(25)30(28)38(32)3)5-4-14-39-15-17-42(41,18-16-39)24-9-6-22(33)7-10-24/h4-13,19H,14-18H2,1-3H3,(H,35,40)(H,36,37)/b5-4-. The lowest BCUT2D eigenvalue weighted by atomic mass is 10.0. The molecule has 6 rings (SSSR count). The molecule has 0 amide bonds. The fourth-order valence-electron chi connectivity index (χ4n) is 5.74. The van der Waals surface area contributed by atoms with Crippen LogP contribution in [-0.4, -0.2) is 51.4 Å². The number of fused-ring (bicyclic) bond motifs is 3. The van der Waals surface area contributed by atoms with Gasteiger partial charge >= 0.3 is 0 Å². The zero-order valence-corrected chi connectivity index (χ0v) is 24.6. The third kappa shape index (κ3) is 5.19. The molecule has 0 unspecified atom stereocenters. The third-order valence-electron chi connectivity index (χ3n) is 8.25. The highest BCUT2D eigenvalue weighted by molar-refractivity contribution is 7.71. The van der Waals surface area contributed by atoms with Gasteiger partial charge in [-0.15, -0.1) is 0 Å². The summed E-state index contributed by atoms with van der Waals surface area (Å²) in [5.41, 5.74) is 4.38. The van der Waals surface area contributed by atoms with Crippen LogP contribution in [0.15, 0.2) is 65.5 Å². The number of rotatable bonds is 6. The van der Waals surface area contributed by atoms with Crippen molar-refractivity contribution in [2.24, 2.45) is 7.05 Å². The predicted molar refractivity (Wildman–Crippen MR) is 167 cm³/mol. The quantitative estimate of drug-likeness (QED) is 0.236. The molecule has 1 fully saturated rings. The van der Waals surface area contributed by atoms with E-state index in [4.69, 9.17) is 4.98 Å². The first kappa shape index (κ1) is 28.1. The summed E-state index contributed by atoms with van der Waals surface area (Å²) in [4.78, 5) is 23.4. The number of aryl methyl sites for hydroxylation is 3. The van der Waals surface area contributed by atoms with Crippen LogP contribution in [-0.2, 0) is 11.6 Å². The Labute approximate surface area is 242 Å². The molecule has 5 aromatic rings. The third-order valence-corrected chi connectivity index (χ3v) is 11.3. The van der Waals surface area contributed by atoms with Crippen LogP contribution in [0.5, 0.6) is 0 Å². The molecular formula is C32H32F2N5O2P. The van der Waals surface area contributed by atoms with Crippen LogP contribution in [0.2, 0.25) is 0 Å². The molecule has 42 heavy (non-hydrogen) atoms. The van der Waals surface area contributed by atoms with Gasteiger partial charge in [0, 0.05) is 55.7 Å². The van der Waals surface area contributed by atoms with Gasteiger partial charge in [-0.2, -0.15) is 0 Å². The highest BCUT2D eigenvalue weighted by atomic mass is 31.2. The molecule has 3 aromatic carbocycles. The maximum Gasteiger partial charge on any atom is 0.258 e. The van der Waals surface area contributed by atoms with Crippen LogP contribution < -0.4 is 16.2 Å². The van der Waals surface area contributed by atoms with E-state index in [1.54, 1.807) is 18.2 Å². The molecule has 3 heterocycles. The number of anilines is 2. The van der Waals surface area contributed by atoms with Crippen molar-refractivity contribution >= 4 is 52.0 Å². The average Bonchev–Trinajstić information content (AvgIpc) is 3.29. The van der Waals surface area contributed by atoms with Crippen molar-refractivity contribution < 1.29 is 13.3 Å². The fraction of sp³-hybridized carbons (Fsp3) is 0.250. The number of aromatic nitrogens is 3. The van der Waals surface area contributed by atoms with Gasteiger partial charge in [-0.3, -0.25) is 9.69 Å². The van der Waals surface area contributed by atoms with Gasteiger partial charge in [0.15, 0.2) is 0 Å². The zero-order valence-electron chi connectivity index (χ0n) is 23.7. The minimum Gasteiger partial charge on any atom is -0.325 e. The molecular weight excluding hydrogens is 555 g/mol. The van der Waals surface area contributed by atoms with Crippen molar-refractivity contribution in [1.29, 1.82) is 0 Å². The Morgan fingerprint density at radius 3 is 2.45 bits per heavy atom. The van der Waals surface area contributed by atoms with Crippen molar-refractivity contribution in [2.75, 3.05) is 37.3 Å². The van der Waals surface area contributed by atoms with E-state index in [0.29, 0.717) is 54.3 Å². The minimum absolute atomic E-state index is 0.202. The van der Waals surface area contributed by atoms with Crippen LogP contribution in [0.1, 0.15) is 16.8 Å². The van der Waals surface area contributed by atoms with E-state index >= 15 is 0 Å². The van der Waals surface area contributed by atoms with E-state index in [2.05, 4.69) is 15.2 Å². The van der Waals surface area contributed by atoms with Crippen LogP contribution in [0.25, 0.3) is 27.9 Å². The molecule has 0 aliphatic carbocycles. The Hall–Kier alpha value is -4.07. The van der Waals surface area contributed by atoms with Gasteiger partial charge in [0.2, 0.25) is 5.95 Å². The van der Waals surface area contributed by atoms with Gasteiger partial charge in [-0.25, -0.2) is 13.8 Å². The Bertz CT molecular complexity index is 1950. The second kappa shape index (κ2) is 11.0. The van der Waals surface area contributed by atoms with Crippen molar-refractivity contribution in [3.63, 3.8) is 0 Å². The van der Waals surface area contributed by atoms with Gasteiger partial charge in [0.1, 0.15) is 18.8 Å². The predicted octanol–water partition coefficient (Wildman–Crippen LogP) is 6.07. The van der Waals surface area contributed by atoms with Gasteiger partial charge in [0.25, 0.3) is 5.56 Å². The topological polar surface area (TPSA) is 83.0 Å². The van der Waals surface area contributed by atoms with Crippen molar-refractivity contribution in [3.05, 3.63) is 99.5 Å². The smallest absolute Gasteiger partial charge is 0.258 e. The summed E-state index contributed by atoms with van der Waals surface area (Å²) in [6, 6.07) is 14.4. The molecule has 1 aliphatic rings. The van der Waals surface area contributed by atoms with E-state index in [9.17, 15) is 18.1 Å². The fourth-order valence-corrected chi connectivity index (χ4v) is 8.38. The maximum atomic E-state index is 13.6. The number of nitrogens with zero attached hydrogens (tertiary/aromatic N) is 3. The normalized spacial score (nSPS) is 15.6. The van der Waals surface area contributed by atoms with Gasteiger partial charge in [0.05, 0.1) is 16.4 Å². The summed E-state index contributed by atoms with van der Waals surface area (Å²) in [7, 11) is -0.656. The first-order valence-electron chi connectivity index (χ1n) is 13.9. The highest BCUT2D eigenvalue weighted by Gasteiger charge is 2.30. The Morgan fingerprint density at radius 1 is 1.02 bits per heavy atom. The average molecular weight is 588 g/mol. The Kier molecular flexibility index (Phi) is 7.33. The number of imidazole rings is 1. The first-order valence-corrected chi connectivity index (χ1v) is 16.0. The number of halogens is 2. The summed E-state index contributed by atoms with van der Waals surface area (Å²) in [6.07, 6.45) is 5.09. The molecule has 0 spiro atoms. The number of nitrogens with one attached hydrogen (secondary N) is 2. The van der Waals surface area contributed by atoms with Crippen LogP contribution in [0, 0.1) is 25.5 Å². The van der Waals surface area contributed by atoms with E-state index in [0.717, 1.165) is 33.2 Å². The molecule has 1 aliphatic heterocycles. The summed E-state index contributed by atoms with van der Waals surface area (Å²) in [5, 5.41) is 5.42. The second-order valence-electron chi connectivity index (χ2n) is 10.9. The van der Waals surface area contributed by atoms with Gasteiger partial charge < -0.3 is 19.4 Å². The number of hydrogen-bond acceptors (Lipinski definition) is 5. The number of H-pyrrole nitrogens is 1. The monoisotopic (exact) mass is 587 g/mol. The maximum absolute atomic E-state index is 13.6. The van der Waals surface area contributed by atoms with Crippen molar-refractivity contribution in [2.45, 2.75) is 13.8 Å². The van der Waals surface area contributed by atoms with E-state index in [1.807, 2.05) is 49.7 Å². The van der Waals surface area contributed by atoms with Gasteiger partial charge in [-0.05, 0) is 85.0 Å². The lowest BCUT2D eigenvalue weighted by Crippen LogP contribution is -2.37. The number of hydrogen-bond donors (Lipinski definition) is 2. The molecule has 2 N–H and O–H groups in total. The number of benzene rings is 3. The molecule has 0 bridgehead atoms. The van der Waals surface area contributed by atoms with Crippen LogP contribution in [0.3, 0.4) is 0 Å². The van der Waals surface area contributed by atoms with Crippen molar-refractivity contribution in [3.8, 4) is 0 Å². The Morgan fingerprint density at radius 2 is 1.74 bits per heavy atom. The van der Waals surface area contributed by atoms with Crippen LogP contribution in [0.4, 0.5) is 20.4 Å². The van der Waals surface area contributed by atoms with E-state index in [1.165, 1.54) is 24.3 Å². The lowest BCUT2D eigenvalue weighted by molar-refractivity contribution is 0.328. The summed E-state index contributed by atoms with van der Waals surface area (Å²) in [6.45, 7) is 5.86. The summed E-state index contributed by atoms with van der Waals surface area (Å²) < 4.78 is 42.1. The molecule has 0 saturated carbocycles. The first-order chi connectivity index (χ1) is 20.1. The molecule has 1 saturated heterocycles. The lowest BCUT2D eigenvalue weighted by Gasteiger charge is -2.31.